The first kappa shape index (κ1) is 10.6. The van der Waals surface area contributed by atoms with Crippen molar-refractivity contribution in [2.24, 2.45) is 0 Å². The lowest BCUT2D eigenvalue weighted by molar-refractivity contribution is -0.385. The average molecular weight is 225 g/mol. The van der Waals surface area contributed by atoms with Crippen molar-refractivity contribution in [3.8, 4) is 5.88 Å². The van der Waals surface area contributed by atoms with E-state index in [1.807, 2.05) is 0 Å². The molecule has 2 N–H and O–H groups in total. The number of anilines is 1. The average Bonchev–Trinajstić information content (AvgIpc) is 2.22. The molecule has 0 amide bonds. The van der Waals surface area contributed by atoms with Crippen molar-refractivity contribution in [3.05, 3.63) is 16.4 Å². The number of nitrogens with one attached hydrogen (secondary N) is 2. The molecule has 8 heteroatoms. The molecule has 0 spiro atoms. The van der Waals surface area contributed by atoms with Crippen molar-refractivity contribution < 1.29 is 9.66 Å². The SMILES string of the molecule is COc1ncnc(NC2CNC2)c1[N+](=O)[O-]. The molecule has 0 bridgehead atoms. The number of nitro groups is 1. The molecule has 0 aliphatic carbocycles. The Morgan fingerprint density at radius 3 is 2.88 bits per heavy atom. The first-order valence-corrected chi connectivity index (χ1v) is 4.73. The third-order valence-corrected chi connectivity index (χ3v) is 2.29. The molecule has 1 aliphatic rings. The van der Waals surface area contributed by atoms with Crippen LogP contribution in [-0.2, 0) is 0 Å². The van der Waals surface area contributed by atoms with Crippen LogP contribution in [0.15, 0.2) is 6.33 Å². The van der Waals surface area contributed by atoms with E-state index in [9.17, 15) is 10.1 Å². The van der Waals surface area contributed by atoms with Crippen LogP contribution in [0.2, 0.25) is 0 Å². The van der Waals surface area contributed by atoms with Crippen LogP contribution in [0, 0.1) is 10.1 Å². The topological polar surface area (TPSA) is 102 Å². The Morgan fingerprint density at radius 2 is 2.38 bits per heavy atom. The van der Waals surface area contributed by atoms with Crippen LogP contribution in [0.5, 0.6) is 5.88 Å². The summed E-state index contributed by atoms with van der Waals surface area (Å²) in [6.07, 6.45) is 1.24. The van der Waals surface area contributed by atoms with Gasteiger partial charge >= 0.3 is 5.69 Å². The summed E-state index contributed by atoms with van der Waals surface area (Å²) in [6, 6.07) is 0.165. The maximum Gasteiger partial charge on any atom is 0.372 e. The molecule has 0 aromatic carbocycles. The second-order valence-electron chi connectivity index (χ2n) is 3.34. The number of nitrogens with zero attached hydrogens (tertiary/aromatic N) is 3. The molecule has 86 valence electrons. The summed E-state index contributed by atoms with van der Waals surface area (Å²) in [7, 11) is 1.34. The number of hydrogen-bond donors (Lipinski definition) is 2. The van der Waals surface area contributed by atoms with E-state index >= 15 is 0 Å². The Morgan fingerprint density at radius 1 is 1.62 bits per heavy atom. The van der Waals surface area contributed by atoms with Gasteiger partial charge in [-0.25, -0.2) is 4.98 Å². The van der Waals surface area contributed by atoms with Gasteiger partial charge in [0.05, 0.1) is 18.1 Å². The molecule has 1 aromatic rings. The zero-order chi connectivity index (χ0) is 11.5. The van der Waals surface area contributed by atoms with Gasteiger partial charge in [0.2, 0.25) is 5.82 Å². The Labute approximate surface area is 91.2 Å². The minimum atomic E-state index is -0.548. The molecule has 1 fully saturated rings. The highest BCUT2D eigenvalue weighted by Crippen LogP contribution is 2.30. The Bertz CT molecular complexity index is 407. The Hall–Kier alpha value is -1.96. The summed E-state index contributed by atoms with van der Waals surface area (Å²) in [5, 5.41) is 16.9. The summed E-state index contributed by atoms with van der Waals surface area (Å²) in [5.41, 5.74) is -0.225. The van der Waals surface area contributed by atoms with E-state index in [4.69, 9.17) is 4.74 Å². The van der Waals surface area contributed by atoms with E-state index in [1.165, 1.54) is 13.4 Å². The lowest BCUT2D eigenvalue weighted by Gasteiger charge is -2.28. The zero-order valence-corrected chi connectivity index (χ0v) is 8.64. The molecule has 0 unspecified atom stereocenters. The fraction of sp³-hybridized carbons (Fsp3) is 0.500. The number of rotatable bonds is 4. The van der Waals surface area contributed by atoms with Crippen molar-refractivity contribution in [1.29, 1.82) is 0 Å². The molecule has 0 atom stereocenters. The van der Waals surface area contributed by atoms with Gasteiger partial charge in [0.15, 0.2) is 0 Å². The summed E-state index contributed by atoms with van der Waals surface area (Å²) in [6.45, 7) is 1.53. The van der Waals surface area contributed by atoms with Gasteiger partial charge in [-0.15, -0.1) is 0 Å². The molecular formula is C8H11N5O3. The normalized spacial score (nSPS) is 15.3. The van der Waals surface area contributed by atoms with Gasteiger partial charge < -0.3 is 15.4 Å². The number of methoxy groups -OCH3 is 1. The van der Waals surface area contributed by atoms with E-state index in [0.717, 1.165) is 13.1 Å². The first-order valence-electron chi connectivity index (χ1n) is 4.73. The van der Waals surface area contributed by atoms with Gasteiger partial charge in [-0.05, 0) is 0 Å². The molecule has 16 heavy (non-hydrogen) atoms. The largest absolute Gasteiger partial charge is 0.476 e. The minimum absolute atomic E-state index is 0.0326. The third-order valence-electron chi connectivity index (χ3n) is 2.29. The highest BCUT2D eigenvalue weighted by molar-refractivity contribution is 5.61. The summed E-state index contributed by atoms with van der Waals surface area (Å²) in [5.74, 6) is 0.165. The summed E-state index contributed by atoms with van der Waals surface area (Å²) < 4.78 is 4.83. The van der Waals surface area contributed by atoms with Crippen molar-refractivity contribution in [2.45, 2.75) is 6.04 Å². The fourth-order valence-electron chi connectivity index (χ4n) is 1.37. The van der Waals surface area contributed by atoms with Crippen LogP contribution < -0.4 is 15.4 Å². The van der Waals surface area contributed by atoms with Crippen LogP contribution in [0.1, 0.15) is 0 Å². The van der Waals surface area contributed by atoms with Crippen molar-refractivity contribution in [1.82, 2.24) is 15.3 Å². The lowest BCUT2D eigenvalue weighted by Crippen LogP contribution is -2.51. The van der Waals surface area contributed by atoms with Crippen LogP contribution in [0.3, 0.4) is 0 Å². The molecule has 1 aliphatic heterocycles. The second-order valence-corrected chi connectivity index (χ2v) is 3.34. The maximum atomic E-state index is 10.9. The fourth-order valence-corrected chi connectivity index (χ4v) is 1.37. The van der Waals surface area contributed by atoms with E-state index in [2.05, 4.69) is 20.6 Å². The quantitative estimate of drug-likeness (QED) is 0.539. The Balaban J connectivity index is 2.30. The van der Waals surface area contributed by atoms with E-state index < -0.39 is 4.92 Å². The number of hydrogen-bond acceptors (Lipinski definition) is 7. The first-order chi connectivity index (χ1) is 7.72. The predicted molar refractivity (Wildman–Crippen MR) is 55.5 cm³/mol. The minimum Gasteiger partial charge on any atom is -0.476 e. The maximum absolute atomic E-state index is 10.9. The van der Waals surface area contributed by atoms with Crippen LogP contribution in [0.4, 0.5) is 11.5 Å². The van der Waals surface area contributed by atoms with Crippen molar-refractivity contribution in [2.75, 3.05) is 25.5 Å². The van der Waals surface area contributed by atoms with Crippen molar-refractivity contribution in [3.63, 3.8) is 0 Å². The smallest absolute Gasteiger partial charge is 0.372 e. The lowest BCUT2D eigenvalue weighted by atomic mass is 10.2. The molecule has 2 rings (SSSR count). The molecular weight excluding hydrogens is 214 g/mol. The van der Waals surface area contributed by atoms with Gasteiger partial charge in [0.25, 0.3) is 5.88 Å². The molecule has 0 saturated carbocycles. The summed E-state index contributed by atoms with van der Waals surface area (Å²) >= 11 is 0. The van der Waals surface area contributed by atoms with Crippen molar-refractivity contribution >= 4 is 11.5 Å². The predicted octanol–water partition coefficient (Wildman–Crippen LogP) is -0.223. The third kappa shape index (κ3) is 1.87. The Kier molecular flexibility index (Phi) is 2.82. The van der Waals surface area contributed by atoms with Gasteiger partial charge in [0.1, 0.15) is 6.33 Å². The van der Waals surface area contributed by atoms with E-state index in [-0.39, 0.29) is 23.4 Å². The van der Waals surface area contributed by atoms with Gasteiger partial charge in [-0.3, -0.25) is 10.1 Å². The molecule has 1 aromatic heterocycles. The number of ether oxygens (including phenoxy) is 1. The van der Waals surface area contributed by atoms with E-state index in [1.54, 1.807) is 0 Å². The highest BCUT2D eigenvalue weighted by Gasteiger charge is 2.27. The van der Waals surface area contributed by atoms with Crippen LogP contribution in [0.25, 0.3) is 0 Å². The monoisotopic (exact) mass is 225 g/mol. The van der Waals surface area contributed by atoms with E-state index in [0.29, 0.717) is 0 Å². The molecule has 8 nitrogen and oxygen atoms in total. The summed E-state index contributed by atoms with van der Waals surface area (Å²) in [4.78, 5) is 17.9. The van der Waals surface area contributed by atoms with Crippen LogP contribution >= 0.6 is 0 Å². The number of aromatic nitrogens is 2. The van der Waals surface area contributed by atoms with Gasteiger partial charge in [-0.2, -0.15) is 4.98 Å². The zero-order valence-electron chi connectivity index (χ0n) is 8.64. The van der Waals surface area contributed by atoms with Gasteiger partial charge in [-0.1, -0.05) is 0 Å². The van der Waals surface area contributed by atoms with Gasteiger partial charge in [0, 0.05) is 13.1 Å². The highest BCUT2D eigenvalue weighted by atomic mass is 16.6. The molecule has 1 saturated heterocycles. The molecule has 2 heterocycles. The molecule has 0 radical (unpaired) electrons. The standard InChI is InChI=1S/C8H11N5O3/c1-16-8-6(13(14)15)7(10-4-11-8)12-5-2-9-3-5/h4-5,9H,2-3H2,1H3,(H,10,11,12). The second kappa shape index (κ2) is 4.27. The van der Waals surface area contributed by atoms with Crippen LogP contribution in [-0.4, -0.2) is 41.1 Å².